The monoisotopic (exact) mass is 397 g/mol. The van der Waals surface area contributed by atoms with Gasteiger partial charge in [0, 0.05) is 48.0 Å². The Labute approximate surface area is 141 Å². The second-order valence-corrected chi connectivity index (χ2v) is 7.95. The minimum atomic E-state index is 0.839. The van der Waals surface area contributed by atoms with Gasteiger partial charge in [0.15, 0.2) is 0 Å². The van der Waals surface area contributed by atoms with Gasteiger partial charge in [0.2, 0.25) is 0 Å². The predicted octanol–water partition coefficient (Wildman–Crippen LogP) is 2.51. The van der Waals surface area contributed by atoms with Crippen molar-refractivity contribution in [1.82, 2.24) is 9.80 Å². The van der Waals surface area contributed by atoms with E-state index in [1.165, 1.54) is 67.9 Å². The molecule has 4 aliphatic rings. The first-order valence-electron chi connectivity index (χ1n) is 8.26. The van der Waals surface area contributed by atoms with Crippen LogP contribution >= 0.6 is 22.6 Å². The van der Waals surface area contributed by atoms with Gasteiger partial charge >= 0.3 is 0 Å². The van der Waals surface area contributed by atoms with Gasteiger partial charge < -0.3 is 9.80 Å². The van der Waals surface area contributed by atoms with Crippen molar-refractivity contribution < 1.29 is 0 Å². The molecule has 114 valence electrons. The number of benzene rings is 1. The summed E-state index contributed by atoms with van der Waals surface area (Å²) in [6, 6.07) is 9.81. The third kappa shape index (κ3) is 2.94. The summed E-state index contributed by atoms with van der Waals surface area (Å²) in [5.74, 6) is 0.972. The number of fused-ring (bicyclic) bond motifs is 3. The summed E-state index contributed by atoms with van der Waals surface area (Å²) in [6.45, 7) is 8.87. The van der Waals surface area contributed by atoms with Crippen LogP contribution in [0.25, 0.3) is 0 Å². The van der Waals surface area contributed by atoms with E-state index < -0.39 is 0 Å². The van der Waals surface area contributed by atoms with Crippen LogP contribution in [0.2, 0.25) is 0 Å². The predicted molar refractivity (Wildman–Crippen MR) is 95.9 cm³/mol. The van der Waals surface area contributed by atoms with Gasteiger partial charge in [-0.3, -0.25) is 4.90 Å². The Hall–Kier alpha value is -0.330. The van der Waals surface area contributed by atoms with Crippen molar-refractivity contribution in [3.63, 3.8) is 0 Å². The number of piperazine rings is 1. The Morgan fingerprint density at radius 1 is 0.857 bits per heavy atom. The van der Waals surface area contributed by atoms with Crippen LogP contribution in [0.4, 0.5) is 5.69 Å². The molecule has 4 saturated heterocycles. The molecule has 1 aromatic rings. The van der Waals surface area contributed by atoms with E-state index in [4.69, 9.17) is 0 Å². The lowest BCUT2D eigenvalue weighted by Gasteiger charge is -2.51. The highest BCUT2D eigenvalue weighted by molar-refractivity contribution is 14.1. The largest absolute Gasteiger partial charge is 0.369 e. The van der Waals surface area contributed by atoms with E-state index in [9.17, 15) is 0 Å². The number of rotatable bonds is 2. The fourth-order valence-corrected chi connectivity index (χ4v) is 4.67. The van der Waals surface area contributed by atoms with E-state index in [1.54, 1.807) is 0 Å². The second kappa shape index (κ2) is 6.05. The van der Waals surface area contributed by atoms with E-state index in [0.29, 0.717) is 0 Å². The summed E-state index contributed by atoms with van der Waals surface area (Å²) >= 11 is 2.38. The van der Waals surface area contributed by atoms with Crippen molar-refractivity contribution in [3.8, 4) is 0 Å². The first-order chi connectivity index (χ1) is 10.3. The van der Waals surface area contributed by atoms with E-state index in [-0.39, 0.29) is 0 Å². The lowest BCUT2D eigenvalue weighted by Crippen LogP contribution is -2.61. The molecule has 3 nitrogen and oxygen atoms in total. The highest BCUT2D eigenvalue weighted by Gasteiger charge is 2.38. The van der Waals surface area contributed by atoms with Crippen LogP contribution in [0.1, 0.15) is 12.8 Å². The van der Waals surface area contributed by atoms with Crippen molar-refractivity contribution in [3.05, 3.63) is 27.8 Å². The molecule has 21 heavy (non-hydrogen) atoms. The molecule has 5 rings (SSSR count). The maximum Gasteiger partial charge on any atom is 0.0367 e. The van der Waals surface area contributed by atoms with Crippen molar-refractivity contribution in [1.29, 1.82) is 0 Å². The highest BCUT2D eigenvalue weighted by atomic mass is 127. The highest BCUT2D eigenvalue weighted by Crippen LogP contribution is 2.31. The van der Waals surface area contributed by atoms with Crippen LogP contribution in [0.15, 0.2) is 24.3 Å². The summed E-state index contributed by atoms with van der Waals surface area (Å²) in [5.41, 5.74) is 1.39. The maximum absolute atomic E-state index is 2.78. The standard InChI is InChI=1S/C17H24IN3/c18-15-1-3-16(4-2-15)20-9-11-21(12-10-20)17-13-19-7-5-14(17)6-8-19/h1-4,14,17H,5-13H2. The van der Waals surface area contributed by atoms with Gasteiger partial charge in [-0.2, -0.15) is 0 Å². The number of hydrogen-bond donors (Lipinski definition) is 0. The van der Waals surface area contributed by atoms with Gasteiger partial charge in [-0.15, -0.1) is 0 Å². The first-order valence-corrected chi connectivity index (χ1v) is 9.34. The topological polar surface area (TPSA) is 9.72 Å². The molecule has 0 spiro atoms. The zero-order valence-corrected chi connectivity index (χ0v) is 14.7. The fraction of sp³-hybridized carbons (Fsp3) is 0.647. The van der Waals surface area contributed by atoms with Crippen molar-refractivity contribution in [2.75, 3.05) is 50.7 Å². The Balaban J connectivity index is 1.37. The van der Waals surface area contributed by atoms with Crippen LogP contribution in [0.3, 0.4) is 0 Å². The van der Waals surface area contributed by atoms with Gasteiger partial charge in [0.25, 0.3) is 0 Å². The summed E-state index contributed by atoms with van der Waals surface area (Å²) in [7, 11) is 0. The fourth-order valence-electron chi connectivity index (χ4n) is 4.31. The molecule has 0 aromatic heterocycles. The molecule has 0 radical (unpaired) electrons. The van der Waals surface area contributed by atoms with Gasteiger partial charge in [0.1, 0.15) is 0 Å². The number of halogens is 1. The third-order valence-corrected chi connectivity index (χ3v) is 6.32. The average molecular weight is 397 g/mol. The van der Waals surface area contributed by atoms with Gasteiger partial charge in [-0.1, -0.05) is 0 Å². The van der Waals surface area contributed by atoms with Crippen LogP contribution in [0, 0.1) is 9.49 Å². The summed E-state index contributed by atoms with van der Waals surface area (Å²) in [5, 5.41) is 0. The number of anilines is 1. The van der Waals surface area contributed by atoms with E-state index >= 15 is 0 Å². The molecule has 4 aliphatic heterocycles. The number of hydrogen-bond acceptors (Lipinski definition) is 3. The molecule has 4 heterocycles. The second-order valence-electron chi connectivity index (χ2n) is 6.70. The zero-order valence-electron chi connectivity index (χ0n) is 12.5. The van der Waals surface area contributed by atoms with E-state index in [2.05, 4.69) is 61.6 Å². The van der Waals surface area contributed by atoms with E-state index in [0.717, 1.165) is 12.0 Å². The van der Waals surface area contributed by atoms with Crippen molar-refractivity contribution in [2.24, 2.45) is 5.92 Å². The van der Waals surface area contributed by atoms with Gasteiger partial charge in [0.05, 0.1) is 0 Å². The molecule has 1 atom stereocenters. The Morgan fingerprint density at radius 3 is 2.10 bits per heavy atom. The average Bonchev–Trinajstić information content (AvgIpc) is 2.57. The van der Waals surface area contributed by atoms with Gasteiger partial charge in [-0.25, -0.2) is 0 Å². The molecule has 2 bridgehead atoms. The molecular weight excluding hydrogens is 373 g/mol. The first kappa shape index (κ1) is 14.3. The third-order valence-electron chi connectivity index (χ3n) is 5.60. The molecule has 1 unspecified atom stereocenters. The maximum atomic E-state index is 2.78. The smallest absolute Gasteiger partial charge is 0.0367 e. The minimum Gasteiger partial charge on any atom is -0.369 e. The van der Waals surface area contributed by atoms with Crippen molar-refractivity contribution in [2.45, 2.75) is 18.9 Å². The van der Waals surface area contributed by atoms with Crippen LogP contribution in [-0.4, -0.2) is 61.7 Å². The normalized spacial score (nSPS) is 33.4. The quantitative estimate of drug-likeness (QED) is 0.711. The Morgan fingerprint density at radius 2 is 1.52 bits per heavy atom. The summed E-state index contributed by atoms with van der Waals surface area (Å²) in [6.07, 6.45) is 2.87. The molecular formula is C17H24IN3. The van der Waals surface area contributed by atoms with Crippen molar-refractivity contribution >= 4 is 28.3 Å². The molecule has 0 saturated carbocycles. The minimum absolute atomic E-state index is 0.839. The lowest BCUT2D eigenvalue weighted by atomic mass is 9.83. The number of piperidine rings is 3. The molecule has 0 amide bonds. The lowest BCUT2D eigenvalue weighted by molar-refractivity contribution is 0.00311. The van der Waals surface area contributed by atoms with Crippen LogP contribution in [0.5, 0.6) is 0 Å². The summed E-state index contributed by atoms with van der Waals surface area (Å²) in [4.78, 5) is 8.00. The Kier molecular flexibility index (Phi) is 4.11. The molecule has 0 aliphatic carbocycles. The van der Waals surface area contributed by atoms with E-state index in [1.807, 2.05) is 0 Å². The van der Waals surface area contributed by atoms with Crippen LogP contribution in [-0.2, 0) is 0 Å². The molecule has 1 aromatic carbocycles. The Bertz CT molecular complexity index is 473. The molecule has 4 heteroatoms. The molecule has 4 fully saturated rings. The SMILES string of the molecule is Ic1ccc(N2CCN(C3CN4CCC3CC4)CC2)cc1. The van der Waals surface area contributed by atoms with Crippen LogP contribution < -0.4 is 4.90 Å². The summed E-state index contributed by atoms with van der Waals surface area (Å²) < 4.78 is 1.32. The number of nitrogens with zero attached hydrogens (tertiary/aromatic N) is 3. The van der Waals surface area contributed by atoms with Gasteiger partial charge in [-0.05, 0) is 78.7 Å². The zero-order chi connectivity index (χ0) is 14.2. The molecule has 0 N–H and O–H groups in total.